The minimum Gasteiger partial charge on any atom is -0.368 e. The number of nitrogens with zero attached hydrogens (tertiary/aromatic N) is 6. The molecule has 0 spiro atoms. The van der Waals surface area contributed by atoms with Crippen molar-refractivity contribution >= 4 is 11.9 Å². The molecule has 3 N–H and O–H groups in total. The van der Waals surface area contributed by atoms with Crippen LogP contribution in [0, 0.1) is 5.82 Å². The van der Waals surface area contributed by atoms with Gasteiger partial charge in [0.2, 0.25) is 11.9 Å². The summed E-state index contributed by atoms with van der Waals surface area (Å²) in [5, 5.41) is 6.92. The fourth-order valence-corrected chi connectivity index (χ4v) is 1.66. The Kier molecular flexibility index (Phi) is 3.37. The molecule has 9 heteroatoms. The highest BCUT2D eigenvalue weighted by molar-refractivity contribution is 5.35. The van der Waals surface area contributed by atoms with Crippen molar-refractivity contribution in [2.45, 2.75) is 6.54 Å². The van der Waals surface area contributed by atoms with Crippen LogP contribution in [0.4, 0.5) is 16.3 Å². The largest absolute Gasteiger partial charge is 0.368 e. The fourth-order valence-electron chi connectivity index (χ4n) is 1.66. The summed E-state index contributed by atoms with van der Waals surface area (Å²) in [5.41, 5.74) is 6.53. The Hall–Kier alpha value is -3.10. The van der Waals surface area contributed by atoms with Crippen LogP contribution in [0.25, 0.3) is 5.95 Å². The number of aromatic nitrogens is 6. The zero-order chi connectivity index (χ0) is 14.7. The Morgan fingerprint density at radius 3 is 2.67 bits per heavy atom. The Morgan fingerprint density at radius 1 is 1.14 bits per heavy atom. The molecule has 0 atom stereocenters. The van der Waals surface area contributed by atoms with Gasteiger partial charge in [0.05, 0.1) is 0 Å². The van der Waals surface area contributed by atoms with E-state index in [2.05, 4.69) is 30.4 Å². The van der Waals surface area contributed by atoms with E-state index in [-0.39, 0.29) is 17.7 Å². The maximum atomic E-state index is 12.8. The van der Waals surface area contributed by atoms with Gasteiger partial charge in [-0.05, 0) is 17.7 Å². The van der Waals surface area contributed by atoms with Gasteiger partial charge in [-0.2, -0.15) is 24.7 Å². The summed E-state index contributed by atoms with van der Waals surface area (Å²) in [6.07, 6.45) is 2.82. The summed E-state index contributed by atoms with van der Waals surface area (Å²) < 4.78 is 14.2. The lowest BCUT2D eigenvalue weighted by Gasteiger charge is -2.07. The Morgan fingerprint density at radius 2 is 1.95 bits per heavy atom. The summed E-state index contributed by atoms with van der Waals surface area (Å²) in [6, 6.07) is 6.12. The highest BCUT2D eigenvalue weighted by Crippen LogP contribution is 2.08. The van der Waals surface area contributed by atoms with E-state index >= 15 is 0 Å². The highest BCUT2D eigenvalue weighted by Gasteiger charge is 2.06. The molecule has 0 unspecified atom stereocenters. The first kappa shape index (κ1) is 12.9. The smallest absolute Gasteiger partial charge is 0.258 e. The summed E-state index contributed by atoms with van der Waals surface area (Å²) in [7, 11) is 0. The molecule has 0 aliphatic heterocycles. The van der Waals surface area contributed by atoms with Crippen molar-refractivity contribution in [2.75, 3.05) is 11.1 Å². The molecule has 0 aliphatic carbocycles. The van der Waals surface area contributed by atoms with Gasteiger partial charge in [-0.15, -0.1) is 0 Å². The van der Waals surface area contributed by atoms with Crippen LogP contribution in [0.5, 0.6) is 0 Å². The number of nitrogens with one attached hydrogen (secondary N) is 1. The summed E-state index contributed by atoms with van der Waals surface area (Å²) >= 11 is 0. The lowest BCUT2D eigenvalue weighted by molar-refractivity contribution is 0.627. The zero-order valence-electron chi connectivity index (χ0n) is 10.8. The first-order chi connectivity index (χ1) is 10.2. The van der Waals surface area contributed by atoms with Gasteiger partial charge in [-0.1, -0.05) is 12.1 Å². The van der Waals surface area contributed by atoms with Gasteiger partial charge in [0, 0.05) is 6.54 Å². The number of hydrogen-bond acceptors (Lipinski definition) is 7. The van der Waals surface area contributed by atoms with Crippen molar-refractivity contribution in [1.82, 2.24) is 29.7 Å². The lowest BCUT2D eigenvalue weighted by atomic mass is 10.2. The quantitative estimate of drug-likeness (QED) is 0.729. The molecule has 2 aromatic heterocycles. The second-order valence-electron chi connectivity index (χ2n) is 4.14. The van der Waals surface area contributed by atoms with Crippen molar-refractivity contribution in [2.24, 2.45) is 0 Å². The zero-order valence-corrected chi connectivity index (χ0v) is 10.8. The van der Waals surface area contributed by atoms with Crippen molar-refractivity contribution in [3.63, 3.8) is 0 Å². The number of nitrogen functional groups attached to an aromatic ring is 1. The number of hydrogen-bond donors (Lipinski definition) is 2. The summed E-state index contributed by atoms with van der Waals surface area (Å²) in [6.45, 7) is 0.431. The average molecular weight is 286 g/mol. The molecule has 1 aromatic carbocycles. The molecule has 0 bridgehead atoms. The van der Waals surface area contributed by atoms with E-state index in [0.29, 0.717) is 12.5 Å². The van der Waals surface area contributed by atoms with Crippen molar-refractivity contribution < 1.29 is 4.39 Å². The van der Waals surface area contributed by atoms with Gasteiger partial charge in [-0.25, -0.2) is 9.37 Å². The second kappa shape index (κ2) is 5.49. The molecule has 0 saturated heterocycles. The van der Waals surface area contributed by atoms with E-state index < -0.39 is 0 Å². The van der Waals surface area contributed by atoms with Crippen LogP contribution < -0.4 is 11.1 Å². The predicted octanol–water partition coefficient (Wildman–Crippen LogP) is 0.786. The molecule has 3 rings (SSSR count). The van der Waals surface area contributed by atoms with Gasteiger partial charge in [0.1, 0.15) is 18.5 Å². The maximum Gasteiger partial charge on any atom is 0.258 e. The molecule has 0 radical (unpaired) electrons. The number of rotatable bonds is 4. The van der Waals surface area contributed by atoms with Gasteiger partial charge in [0.25, 0.3) is 5.95 Å². The Balaban J connectivity index is 1.78. The van der Waals surface area contributed by atoms with E-state index in [1.807, 2.05) is 0 Å². The third-order valence-corrected chi connectivity index (χ3v) is 2.63. The number of anilines is 2. The maximum absolute atomic E-state index is 12.8. The van der Waals surface area contributed by atoms with E-state index in [1.54, 1.807) is 12.1 Å². The number of benzene rings is 1. The third-order valence-electron chi connectivity index (χ3n) is 2.63. The van der Waals surface area contributed by atoms with E-state index in [4.69, 9.17) is 5.73 Å². The van der Waals surface area contributed by atoms with Crippen LogP contribution in [-0.2, 0) is 6.54 Å². The lowest BCUT2D eigenvalue weighted by Crippen LogP contribution is -2.11. The van der Waals surface area contributed by atoms with Crippen molar-refractivity contribution in [1.29, 1.82) is 0 Å². The van der Waals surface area contributed by atoms with E-state index in [1.165, 1.54) is 29.5 Å². The molecular formula is C12H11FN8. The van der Waals surface area contributed by atoms with Gasteiger partial charge in [-0.3, -0.25) is 0 Å². The predicted molar refractivity (Wildman–Crippen MR) is 72.9 cm³/mol. The number of halogens is 1. The average Bonchev–Trinajstić information content (AvgIpc) is 3.00. The van der Waals surface area contributed by atoms with E-state index in [0.717, 1.165) is 5.56 Å². The molecule has 0 amide bonds. The molecule has 3 aromatic rings. The minimum atomic E-state index is -0.281. The molecule has 106 valence electrons. The van der Waals surface area contributed by atoms with Gasteiger partial charge < -0.3 is 11.1 Å². The van der Waals surface area contributed by atoms with Crippen LogP contribution in [0.3, 0.4) is 0 Å². The van der Waals surface area contributed by atoms with Crippen LogP contribution >= 0.6 is 0 Å². The Labute approximate surface area is 118 Å². The molecule has 0 aliphatic rings. The third kappa shape index (κ3) is 3.08. The van der Waals surface area contributed by atoms with E-state index in [9.17, 15) is 4.39 Å². The topological polar surface area (TPSA) is 107 Å². The highest BCUT2D eigenvalue weighted by atomic mass is 19.1. The second-order valence-corrected chi connectivity index (χ2v) is 4.14. The molecule has 0 fully saturated rings. The standard InChI is InChI=1S/C12H11FN8/c13-9-3-1-8(2-4-9)5-16-11-18-10(14)19-12(20-11)21-7-15-6-17-21/h1-4,6-7H,5H2,(H3,14,16,18,19,20). The minimum absolute atomic E-state index is 0.0668. The van der Waals surface area contributed by atoms with Crippen molar-refractivity contribution in [3.8, 4) is 5.95 Å². The van der Waals surface area contributed by atoms with Crippen LogP contribution in [-0.4, -0.2) is 29.7 Å². The van der Waals surface area contributed by atoms with Gasteiger partial charge >= 0.3 is 0 Å². The summed E-state index contributed by atoms with van der Waals surface area (Å²) in [5.74, 6) is 0.354. The molecule has 21 heavy (non-hydrogen) atoms. The summed E-state index contributed by atoms with van der Waals surface area (Å²) in [4.78, 5) is 16.0. The first-order valence-electron chi connectivity index (χ1n) is 6.05. The normalized spacial score (nSPS) is 10.5. The SMILES string of the molecule is Nc1nc(NCc2ccc(F)cc2)nc(-n2cncn2)n1. The Bertz CT molecular complexity index is 726. The van der Waals surface area contributed by atoms with Gasteiger partial charge in [0.15, 0.2) is 0 Å². The van der Waals surface area contributed by atoms with Crippen molar-refractivity contribution in [3.05, 3.63) is 48.3 Å². The first-order valence-corrected chi connectivity index (χ1v) is 6.05. The van der Waals surface area contributed by atoms with Crippen LogP contribution in [0.1, 0.15) is 5.56 Å². The molecule has 0 saturated carbocycles. The monoisotopic (exact) mass is 286 g/mol. The number of nitrogens with two attached hydrogens (primary N) is 1. The van der Waals surface area contributed by atoms with Crippen LogP contribution in [0.2, 0.25) is 0 Å². The molecular weight excluding hydrogens is 275 g/mol. The molecule has 2 heterocycles. The van der Waals surface area contributed by atoms with Crippen LogP contribution in [0.15, 0.2) is 36.9 Å². The fraction of sp³-hybridized carbons (Fsp3) is 0.0833. The molecule has 8 nitrogen and oxygen atoms in total.